The summed E-state index contributed by atoms with van der Waals surface area (Å²) in [6.07, 6.45) is 5.10. The highest BCUT2D eigenvalue weighted by Gasteiger charge is 2.28. The minimum atomic E-state index is -0.659. The first kappa shape index (κ1) is 19.4. The van der Waals surface area contributed by atoms with Gasteiger partial charge in [-0.2, -0.15) is 0 Å². The van der Waals surface area contributed by atoms with Crippen LogP contribution in [0.5, 0.6) is 5.75 Å². The van der Waals surface area contributed by atoms with Crippen molar-refractivity contribution in [3.8, 4) is 5.75 Å². The maximum atomic E-state index is 13.0. The lowest BCUT2D eigenvalue weighted by Crippen LogP contribution is -2.44. The van der Waals surface area contributed by atoms with E-state index in [4.69, 9.17) is 9.15 Å². The molecule has 1 amide bonds. The second-order valence-electron chi connectivity index (χ2n) is 7.33. The lowest BCUT2D eigenvalue weighted by Gasteiger charge is -2.33. The molecule has 146 valence electrons. The first-order valence-electron chi connectivity index (χ1n) is 9.66. The second kappa shape index (κ2) is 8.57. The van der Waals surface area contributed by atoms with Gasteiger partial charge in [-0.15, -0.1) is 0 Å². The van der Waals surface area contributed by atoms with Crippen LogP contribution >= 0.6 is 0 Å². The summed E-state index contributed by atoms with van der Waals surface area (Å²) in [6.45, 7) is 3.94. The molecule has 3 rings (SSSR count). The van der Waals surface area contributed by atoms with Gasteiger partial charge in [0, 0.05) is 24.0 Å². The summed E-state index contributed by atoms with van der Waals surface area (Å²) in [5, 5.41) is 10.1. The molecule has 6 heteroatoms. The van der Waals surface area contributed by atoms with Crippen molar-refractivity contribution in [3.05, 3.63) is 40.2 Å². The number of nitrogens with zero attached hydrogens (tertiary/aromatic N) is 1. The summed E-state index contributed by atoms with van der Waals surface area (Å²) >= 11 is 0. The number of benzene rings is 1. The molecule has 1 heterocycles. The minimum Gasteiger partial charge on any atom is -0.491 e. The Labute approximate surface area is 158 Å². The van der Waals surface area contributed by atoms with Gasteiger partial charge in [-0.05, 0) is 44.9 Å². The van der Waals surface area contributed by atoms with E-state index in [9.17, 15) is 14.7 Å². The van der Waals surface area contributed by atoms with Crippen molar-refractivity contribution in [1.29, 1.82) is 0 Å². The van der Waals surface area contributed by atoms with Gasteiger partial charge in [-0.25, -0.2) is 4.79 Å². The van der Waals surface area contributed by atoms with E-state index in [0.717, 1.165) is 32.1 Å². The fraction of sp³-hybridized carbons (Fsp3) is 0.524. The third-order valence-corrected chi connectivity index (χ3v) is 4.93. The van der Waals surface area contributed by atoms with Crippen molar-refractivity contribution in [1.82, 2.24) is 4.90 Å². The van der Waals surface area contributed by atoms with Gasteiger partial charge in [0.2, 0.25) is 0 Å². The maximum absolute atomic E-state index is 13.0. The van der Waals surface area contributed by atoms with E-state index in [-0.39, 0.29) is 36.8 Å². The normalized spacial score (nSPS) is 15.3. The summed E-state index contributed by atoms with van der Waals surface area (Å²) < 4.78 is 11.0. The number of amides is 1. The van der Waals surface area contributed by atoms with E-state index < -0.39 is 5.63 Å². The predicted molar refractivity (Wildman–Crippen MR) is 103 cm³/mol. The SMILES string of the molecule is CC(C)Oc1ccc2cc(C(=O)N(CCO)C3CCCCC3)c(=O)oc2c1. The molecule has 0 bridgehead atoms. The number of hydrogen-bond acceptors (Lipinski definition) is 5. The van der Waals surface area contributed by atoms with Crippen molar-refractivity contribution >= 4 is 16.9 Å². The topological polar surface area (TPSA) is 80.0 Å². The van der Waals surface area contributed by atoms with Crippen molar-refractivity contribution in [2.75, 3.05) is 13.2 Å². The monoisotopic (exact) mass is 373 g/mol. The molecule has 0 radical (unpaired) electrons. The van der Waals surface area contributed by atoms with Gasteiger partial charge in [0.25, 0.3) is 5.91 Å². The smallest absolute Gasteiger partial charge is 0.349 e. The van der Waals surface area contributed by atoms with Crippen molar-refractivity contribution < 1.29 is 19.1 Å². The molecule has 6 nitrogen and oxygen atoms in total. The molecule has 27 heavy (non-hydrogen) atoms. The highest BCUT2D eigenvalue weighted by atomic mass is 16.5. The summed E-state index contributed by atoms with van der Waals surface area (Å²) in [6, 6.07) is 6.88. The predicted octanol–water partition coefficient (Wildman–Crippen LogP) is 3.35. The molecule has 2 aromatic rings. The molecule has 1 aliphatic rings. The Morgan fingerprint density at radius 3 is 2.67 bits per heavy atom. The molecule has 1 aromatic heterocycles. The van der Waals surface area contributed by atoms with Crippen molar-refractivity contribution in [2.45, 2.75) is 58.1 Å². The van der Waals surface area contributed by atoms with Crippen LogP contribution in [0.2, 0.25) is 0 Å². The van der Waals surface area contributed by atoms with Gasteiger partial charge in [0.05, 0.1) is 12.7 Å². The fourth-order valence-corrected chi connectivity index (χ4v) is 3.69. The first-order chi connectivity index (χ1) is 13.0. The molecule has 1 aliphatic carbocycles. The van der Waals surface area contributed by atoms with E-state index in [1.165, 1.54) is 0 Å². The summed E-state index contributed by atoms with van der Waals surface area (Å²) in [4.78, 5) is 27.2. The molecule has 1 aromatic carbocycles. The van der Waals surface area contributed by atoms with Crippen LogP contribution < -0.4 is 10.4 Å². The van der Waals surface area contributed by atoms with Gasteiger partial charge < -0.3 is 19.2 Å². The number of aliphatic hydroxyl groups is 1. The molecule has 1 fully saturated rings. The number of rotatable bonds is 6. The molecule has 0 saturated heterocycles. The highest BCUT2D eigenvalue weighted by molar-refractivity contribution is 5.97. The molecule has 0 spiro atoms. The third kappa shape index (κ3) is 4.50. The lowest BCUT2D eigenvalue weighted by atomic mass is 9.93. The zero-order chi connectivity index (χ0) is 19.4. The molecule has 1 saturated carbocycles. The number of ether oxygens (including phenoxy) is 1. The Bertz CT molecular complexity index is 851. The van der Waals surface area contributed by atoms with E-state index in [2.05, 4.69) is 0 Å². The Kier molecular flexibility index (Phi) is 6.16. The largest absolute Gasteiger partial charge is 0.491 e. The van der Waals surface area contributed by atoms with Crippen LogP contribution in [0.1, 0.15) is 56.3 Å². The van der Waals surface area contributed by atoms with E-state index in [0.29, 0.717) is 16.7 Å². The van der Waals surface area contributed by atoms with Crippen LogP contribution in [0.4, 0.5) is 0 Å². The van der Waals surface area contributed by atoms with Crippen LogP contribution in [0.3, 0.4) is 0 Å². The zero-order valence-electron chi connectivity index (χ0n) is 15.9. The molecule has 0 atom stereocenters. The Hall–Kier alpha value is -2.34. The minimum absolute atomic E-state index is 0.0116. The Morgan fingerprint density at radius 1 is 1.26 bits per heavy atom. The lowest BCUT2D eigenvalue weighted by molar-refractivity contribution is 0.0581. The van der Waals surface area contributed by atoms with Gasteiger partial charge in [0.1, 0.15) is 16.9 Å². The van der Waals surface area contributed by atoms with E-state index >= 15 is 0 Å². The highest BCUT2D eigenvalue weighted by Crippen LogP contribution is 2.25. The summed E-state index contributed by atoms with van der Waals surface area (Å²) in [7, 11) is 0. The number of hydrogen-bond donors (Lipinski definition) is 1. The van der Waals surface area contributed by atoms with Crippen molar-refractivity contribution in [2.24, 2.45) is 0 Å². The fourth-order valence-electron chi connectivity index (χ4n) is 3.69. The van der Waals surface area contributed by atoms with Crippen LogP contribution in [0.25, 0.3) is 11.0 Å². The van der Waals surface area contributed by atoms with Gasteiger partial charge in [0.15, 0.2) is 0 Å². The molecule has 0 aliphatic heterocycles. The average Bonchev–Trinajstić information content (AvgIpc) is 2.65. The van der Waals surface area contributed by atoms with Gasteiger partial charge in [-0.3, -0.25) is 4.79 Å². The zero-order valence-corrected chi connectivity index (χ0v) is 15.9. The van der Waals surface area contributed by atoms with E-state index in [1.54, 1.807) is 29.2 Å². The Balaban J connectivity index is 1.92. The second-order valence-corrected chi connectivity index (χ2v) is 7.33. The summed E-state index contributed by atoms with van der Waals surface area (Å²) in [5.41, 5.74) is -0.256. The van der Waals surface area contributed by atoms with Gasteiger partial charge in [-0.1, -0.05) is 19.3 Å². The van der Waals surface area contributed by atoms with Crippen molar-refractivity contribution in [3.63, 3.8) is 0 Å². The number of carbonyl (C=O) groups is 1. The van der Waals surface area contributed by atoms with Crippen LogP contribution in [0, 0.1) is 0 Å². The van der Waals surface area contributed by atoms with E-state index in [1.807, 2.05) is 13.8 Å². The number of fused-ring (bicyclic) bond motifs is 1. The maximum Gasteiger partial charge on any atom is 0.349 e. The van der Waals surface area contributed by atoms with Crippen LogP contribution in [-0.4, -0.2) is 41.2 Å². The average molecular weight is 373 g/mol. The quantitative estimate of drug-likeness (QED) is 0.786. The van der Waals surface area contributed by atoms with Gasteiger partial charge >= 0.3 is 5.63 Å². The molecular weight excluding hydrogens is 346 g/mol. The standard InChI is InChI=1S/C21H27NO5/c1-14(2)26-17-9-8-15-12-18(21(25)27-19(15)13-17)20(24)22(10-11-23)16-6-4-3-5-7-16/h8-9,12-14,16,23H,3-7,10-11H2,1-2H3. The number of carbonyl (C=O) groups excluding carboxylic acids is 1. The number of aliphatic hydroxyl groups excluding tert-OH is 1. The molecule has 0 unspecified atom stereocenters. The third-order valence-electron chi connectivity index (χ3n) is 4.93. The first-order valence-corrected chi connectivity index (χ1v) is 9.66. The Morgan fingerprint density at radius 2 is 2.00 bits per heavy atom. The van der Waals surface area contributed by atoms with Crippen LogP contribution in [-0.2, 0) is 0 Å². The molecular formula is C21H27NO5. The molecule has 1 N–H and O–H groups in total. The van der Waals surface area contributed by atoms with Crippen LogP contribution in [0.15, 0.2) is 33.5 Å². The summed E-state index contributed by atoms with van der Waals surface area (Å²) in [5.74, 6) is 0.248.